The molecule has 7 nitrogen and oxygen atoms in total. The van der Waals surface area contributed by atoms with Crippen LogP contribution in [0.5, 0.6) is 0 Å². The van der Waals surface area contributed by atoms with Crippen molar-refractivity contribution in [1.29, 1.82) is 0 Å². The molecule has 2 aromatic rings. The molecule has 0 unspecified atom stereocenters. The van der Waals surface area contributed by atoms with Crippen molar-refractivity contribution >= 4 is 17.7 Å². The third-order valence-electron chi connectivity index (χ3n) is 5.66. The van der Waals surface area contributed by atoms with Crippen LogP contribution in [0.2, 0.25) is 0 Å². The quantitative estimate of drug-likeness (QED) is 0.577. The van der Waals surface area contributed by atoms with Crippen LogP contribution in [-0.4, -0.2) is 69.3 Å². The fourth-order valence-electron chi connectivity index (χ4n) is 3.59. The van der Waals surface area contributed by atoms with Crippen molar-refractivity contribution in [3.05, 3.63) is 65.5 Å². The predicted octanol–water partition coefficient (Wildman–Crippen LogP) is 2.92. The minimum Gasteiger partial charge on any atom is -0.479 e. The summed E-state index contributed by atoms with van der Waals surface area (Å²) in [6.07, 6.45) is -1.92. The second kappa shape index (κ2) is 8.25. The summed E-state index contributed by atoms with van der Waals surface area (Å²) in [5.74, 6) is -0.840. The molecule has 2 aliphatic rings. The number of amides is 1. The van der Waals surface area contributed by atoms with Gasteiger partial charge in [0.15, 0.2) is 11.4 Å². The topological polar surface area (TPSA) is 86.1 Å². The second-order valence-electron chi connectivity index (χ2n) is 7.84. The van der Waals surface area contributed by atoms with Crippen LogP contribution in [0.25, 0.3) is 0 Å². The van der Waals surface area contributed by atoms with Crippen LogP contribution < -0.4 is 0 Å². The molecule has 4 rings (SSSR count). The van der Waals surface area contributed by atoms with E-state index in [2.05, 4.69) is 9.98 Å². The van der Waals surface area contributed by atoms with Crippen molar-refractivity contribution < 1.29 is 27.9 Å². The van der Waals surface area contributed by atoms with Crippen molar-refractivity contribution in [2.75, 3.05) is 26.2 Å². The number of rotatable bonds is 4. The number of aromatic nitrogens is 1. The van der Waals surface area contributed by atoms with E-state index >= 15 is 0 Å². The van der Waals surface area contributed by atoms with Gasteiger partial charge in [0.2, 0.25) is 0 Å². The Morgan fingerprint density at radius 3 is 2.09 bits per heavy atom. The van der Waals surface area contributed by atoms with Crippen LogP contribution in [0, 0.1) is 0 Å². The Balaban J connectivity index is 1.48. The van der Waals surface area contributed by atoms with Crippen molar-refractivity contribution in [3.8, 4) is 0 Å². The highest BCUT2D eigenvalue weighted by Crippen LogP contribution is 2.40. The molecule has 0 spiro atoms. The van der Waals surface area contributed by atoms with Crippen molar-refractivity contribution in [3.63, 3.8) is 0 Å². The number of piperazine rings is 1. The molecule has 1 amide bonds. The number of carbonyl (C=O) groups excluding carboxylic acids is 1. The maximum atomic E-state index is 12.8. The highest BCUT2D eigenvalue weighted by atomic mass is 19.4. The standard InChI is InChI=1S/C22H21F3N4O3/c23-22(24,25)16-6-4-15(5-7-16)19(30)29-13-11-28(12-14-29)18(17-3-1-2-10-26-17)27-21(8-9-21)20(31)32/h1-7,10H,8-9,11-14H2,(H,31,32). The van der Waals surface area contributed by atoms with Crippen LogP contribution in [0.3, 0.4) is 0 Å². The molecular weight excluding hydrogens is 425 g/mol. The molecule has 1 aromatic heterocycles. The largest absolute Gasteiger partial charge is 0.479 e. The normalized spacial score (nSPS) is 18.4. The molecule has 1 aliphatic heterocycles. The Morgan fingerprint density at radius 2 is 1.59 bits per heavy atom. The van der Waals surface area contributed by atoms with E-state index in [1.54, 1.807) is 29.3 Å². The van der Waals surface area contributed by atoms with Gasteiger partial charge < -0.3 is 14.9 Å². The zero-order valence-corrected chi connectivity index (χ0v) is 17.0. The van der Waals surface area contributed by atoms with Gasteiger partial charge in [-0.1, -0.05) is 6.07 Å². The summed E-state index contributed by atoms with van der Waals surface area (Å²) in [4.78, 5) is 36.7. The van der Waals surface area contributed by atoms with E-state index in [4.69, 9.17) is 0 Å². The SMILES string of the molecule is O=C(c1ccc(C(F)(F)F)cc1)N1CCN(C(=NC2(C(=O)O)CC2)c2ccccn2)CC1. The van der Waals surface area contributed by atoms with E-state index in [-0.39, 0.29) is 11.5 Å². The monoisotopic (exact) mass is 446 g/mol. The molecule has 1 N–H and O–H groups in total. The minimum absolute atomic E-state index is 0.188. The van der Waals surface area contributed by atoms with Gasteiger partial charge in [-0.15, -0.1) is 0 Å². The van der Waals surface area contributed by atoms with Gasteiger partial charge in [0, 0.05) is 37.9 Å². The van der Waals surface area contributed by atoms with Gasteiger partial charge in [0.25, 0.3) is 5.91 Å². The fourth-order valence-corrected chi connectivity index (χ4v) is 3.59. The average Bonchev–Trinajstić information content (AvgIpc) is 3.58. The molecule has 10 heteroatoms. The number of nitrogens with zero attached hydrogens (tertiary/aromatic N) is 4. The van der Waals surface area contributed by atoms with Gasteiger partial charge >= 0.3 is 12.1 Å². The van der Waals surface area contributed by atoms with E-state index in [0.29, 0.717) is 50.6 Å². The number of amidine groups is 1. The molecule has 2 heterocycles. The van der Waals surface area contributed by atoms with Gasteiger partial charge in [0.1, 0.15) is 5.69 Å². The lowest BCUT2D eigenvalue weighted by Gasteiger charge is -2.36. The lowest BCUT2D eigenvalue weighted by Crippen LogP contribution is -2.51. The molecule has 0 bridgehead atoms. The summed E-state index contributed by atoms with van der Waals surface area (Å²) in [5.41, 5.74) is -1.18. The lowest BCUT2D eigenvalue weighted by atomic mass is 10.1. The number of aliphatic carboxylic acids is 1. The molecule has 1 aromatic carbocycles. The number of carbonyl (C=O) groups is 2. The number of alkyl halides is 3. The summed E-state index contributed by atoms with van der Waals surface area (Å²) in [6.45, 7) is 1.45. The number of pyridine rings is 1. The maximum absolute atomic E-state index is 12.8. The molecular formula is C22H21F3N4O3. The second-order valence-corrected chi connectivity index (χ2v) is 7.84. The Morgan fingerprint density at radius 1 is 0.969 bits per heavy atom. The first-order valence-corrected chi connectivity index (χ1v) is 10.2. The zero-order chi connectivity index (χ0) is 22.9. The number of hydrogen-bond acceptors (Lipinski definition) is 4. The summed E-state index contributed by atoms with van der Waals surface area (Å²) in [7, 11) is 0. The average molecular weight is 446 g/mol. The highest BCUT2D eigenvalue weighted by Gasteiger charge is 2.51. The number of aliphatic imine (C=N–C) groups is 1. The number of halogens is 3. The lowest BCUT2D eigenvalue weighted by molar-refractivity contribution is -0.139. The molecule has 2 fully saturated rings. The molecule has 0 radical (unpaired) electrons. The first kappa shape index (κ1) is 21.8. The van der Waals surface area contributed by atoms with Gasteiger partial charge in [0.05, 0.1) is 5.56 Å². The van der Waals surface area contributed by atoms with Crippen LogP contribution in [0.1, 0.15) is 34.5 Å². The third-order valence-corrected chi connectivity index (χ3v) is 5.66. The molecule has 32 heavy (non-hydrogen) atoms. The number of carboxylic acids is 1. The summed E-state index contributed by atoms with van der Waals surface area (Å²) in [6, 6.07) is 9.47. The Kier molecular flexibility index (Phi) is 5.62. The van der Waals surface area contributed by atoms with E-state index in [0.717, 1.165) is 12.1 Å². The van der Waals surface area contributed by atoms with Crippen molar-refractivity contribution in [1.82, 2.24) is 14.8 Å². The van der Waals surface area contributed by atoms with Gasteiger partial charge in [-0.2, -0.15) is 13.2 Å². The van der Waals surface area contributed by atoms with Crippen molar-refractivity contribution in [2.24, 2.45) is 4.99 Å². The van der Waals surface area contributed by atoms with Gasteiger partial charge in [-0.25, -0.2) is 9.79 Å². The summed E-state index contributed by atoms with van der Waals surface area (Å²) in [5, 5.41) is 9.54. The molecule has 168 valence electrons. The first-order valence-electron chi connectivity index (χ1n) is 10.2. The third kappa shape index (κ3) is 4.44. The molecule has 0 atom stereocenters. The minimum atomic E-state index is -4.46. The Hall–Kier alpha value is -3.43. The zero-order valence-electron chi connectivity index (χ0n) is 17.0. The van der Waals surface area contributed by atoms with E-state index in [9.17, 15) is 27.9 Å². The molecule has 1 aliphatic carbocycles. The van der Waals surface area contributed by atoms with Gasteiger partial charge in [-0.05, 0) is 49.2 Å². The summed E-state index contributed by atoms with van der Waals surface area (Å²) >= 11 is 0. The molecule has 1 saturated heterocycles. The first-order chi connectivity index (χ1) is 15.2. The van der Waals surface area contributed by atoms with E-state index in [1.807, 2.05) is 4.90 Å². The smallest absolute Gasteiger partial charge is 0.416 e. The number of benzene rings is 1. The molecule has 1 saturated carbocycles. The predicted molar refractivity (Wildman–Crippen MR) is 109 cm³/mol. The van der Waals surface area contributed by atoms with Gasteiger partial charge in [-0.3, -0.25) is 9.78 Å². The van der Waals surface area contributed by atoms with E-state index in [1.165, 1.54) is 12.1 Å². The number of carboxylic acid groups (broad SMARTS) is 1. The summed E-state index contributed by atoms with van der Waals surface area (Å²) < 4.78 is 38.3. The van der Waals surface area contributed by atoms with Crippen LogP contribution in [-0.2, 0) is 11.0 Å². The van der Waals surface area contributed by atoms with Crippen molar-refractivity contribution in [2.45, 2.75) is 24.6 Å². The van der Waals surface area contributed by atoms with Crippen LogP contribution in [0.15, 0.2) is 53.7 Å². The number of hydrogen-bond donors (Lipinski definition) is 1. The van der Waals surface area contributed by atoms with E-state index < -0.39 is 23.2 Å². The van der Waals surface area contributed by atoms with Crippen LogP contribution >= 0.6 is 0 Å². The Bertz CT molecular complexity index is 1030. The maximum Gasteiger partial charge on any atom is 0.416 e. The Labute approximate surface area is 182 Å². The highest BCUT2D eigenvalue weighted by molar-refractivity contribution is 6.00. The fraction of sp³-hybridized carbons (Fsp3) is 0.364. The van der Waals surface area contributed by atoms with Crippen LogP contribution in [0.4, 0.5) is 13.2 Å².